The van der Waals surface area contributed by atoms with E-state index in [2.05, 4.69) is 10.3 Å². The zero-order valence-corrected chi connectivity index (χ0v) is 13.8. The number of anilines is 1. The third-order valence-electron chi connectivity index (χ3n) is 2.69. The molecule has 2 rings (SSSR count). The topological polar surface area (TPSA) is 42.9 Å². The normalized spacial score (nSPS) is 11.7. The molecule has 0 aliphatic carbocycles. The average molecular weight is 316 g/mol. The Hall–Kier alpha value is -1.74. The molecule has 0 radical (unpaired) electrons. The molecule has 5 heteroatoms. The van der Waals surface area contributed by atoms with Crippen LogP contribution >= 0.6 is 8.38 Å². The summed E-state index contributed by atoms with van der Waals surface area (Å²) in [5.41, 5.74) is 2.54. The van der Waals surface area contributed by atoms with Crippen LogP contribution in [0.1, 0.15) is 13.8 Å². The fraction of sp³-hybridized carbons (Fsp3) is 0.235. The van der Waals surface area contributed by atoms with Crippen LogP contribution < -0.4 is 5.32 Å². The maximum Gasteiger partial charge on any atom is 0.243 e. The van der Waals surface area contributed by atoms with E-state index in [1.54, 1.807) is 0 Å². The largest absolute Gasteiger partial charge is 0.336 e. The van der Waals surface area contributed by atoms with Crippen LogP contribution in [0.4, 0.5) is 11.4 Å². The highest BCUT2D eigenvalue weighted by Crippen LogP contribution is 2.41. The van der Waals surface area contributed by atoms with Gasteiger partial charge in [0.25, 0.3) is 0 Å². The summed E-state index contributed by atoms with van der Waals surface area (Å²) in [4.78, 5) is 4.68. The molecule has 0 aliphatic heterocycles. The minimum absolute atomic E-state index is 0.579. The maximum absolute atomic E-state index is 5.74. The fourth-order valence-corrected chi connectivity index (χ4v) is 2.99. The molecule has 0 saturated carbocycles. The van der Waals surface area contributed by atoms with E-state index >= 15 is 0 Å². The van der Waals surface area contributed by atoms with E-state index in [-0.39, 0.29) is 0 Å². The third kappa shape index (κ3) is 5.23. The van der Waals surface area contributed by atoms with Gasteiger partial charge >= 0.3 is 0 Å². The van der Waals surface area contributed by atoms with Gasteiger partial charge in [0.1, 0.15) is 0 Å². The molecular weight excluding hydrogens is 295 g/mol. The summed E-state index contributed by atoms with van der Waals surface area (Å²) in [6.45, 7) is 5.07. The Kier molecular flexibility index (Phi) is 7.04. The molecule has 2 aromatic rings. The van der Waals surface area contributed by atoms with E-state index in [1.165, 1.54) is 0 Å². The van der Waals surface area contributed by atoms with E-state index in [0.29, 0.717) is 18.8 Å². The lowest BCUT2D eigenvalue weighted by Crippen LogP contribution is -2.13. The maximum atomic E-state index is 5.74. The Morgan fingerprint density at radius 2 is 1.45 bits per heavy atom. The second-order valence-electron chi connectivity index (χ2n) is 4.35. The first kappa shape index (κ1) is 16.6. The van der Waals surface area contributed by atoms with Gasteiger partial charge in [-0.1, -0.05) is 36.4 Å². The highest BCUT2D eigenvalue weighted by Gasteiger charge is 2.18. The Morgan fingerprint density at radius 1 is 0.909 bits per heavy atom. The summed E-state index contributed by atoms with van der Waals surface area (Å²) in [6.07, 6.45) is 0. The van der Waals surface area contributed by atoms with Crippen LogP contribution in [0.25, 0.3) is 0 Å². The number of amidine groups is 1. The number of para-hydroxylation sites is 2. The number of nitrogens with zero attached hydrogens (tertiary/aromatic N) is 1. The molecule has 0 bridgehead atoms. The Balaban J connectivity index is 2.28. The van der Waals surface area contributed by atoms with Crippen molar-refractivity contribution in [2.45, 2.75) is 13.8 Å². The molecule has 0 aromatic heterocycles. The highest BCUT2D eigenvalue weighted by atomic mass is 31.2. The van der Waals surface area contributed by atoms with Crippen molar-refractivity contribution in [3.63, 3.8) is 0 Å². The molecule has 0 heterocycles. The zero-order chi connectivity index (χ0) is 15.6. The van der Waals surface area contributed by atoms with Crippen molar-refractivity contribution in [1.29, 1.82) is 0 Å². The number of rotatable bonds is 7. The number of nitrogens with one attached hydrogen (secondary N) is 1. The number of hydrogen-bond acceptors (Lipinski definition) is 3. The SMILES string of the molecule is CCOP(OCC)C(=Nc1ccccc1)Nc1ccccc1. The molecule has 2 aromatic carbocycles. The van der Waals surface area contributed by atoms with Gasteiger partial charge in [0.2, 0.25) is 8.38 Å². The highest BCUT2D eigenvalue weighted by molar-refractivity contribution is 7.67. The molecule has 116 valence electrons. The van der Waals surface area contributed by atoms with Crippen molar-refractivity contribution in [1.82, 2.24) is 0 Å². The van der Waals surface area contributed by atoms with Crippen LogP contribution in [0, 0.1) is 0 Å². The van der Waals surface area contributed by atoms with Gasteiger partial charge in [-0.25, -0.2) is 4.99 Å². The average Bonchev–Trinajstić information content (AvgIpc) is 2.56. The first-order chi connectivity index (χ1) is 10.8. The predicted molar refractivity (Wildman–Crippen MR) is 93.8 cm³/mol. The van der Waals surface area contributed by atoms with Gasteiger partial charge in [-0.2, -0.15) is 0 Å². The van der Waals surface area contributed by atoms with Gasteiger partial charge < -0.3 is 14.4 Å². The Morgan fingerprint density at radius 3 is 2.00 bits per heavy atom. The lowest BCUT2D eigenvalue weighted by molar-refractivity contribution is 0.279. The summed E-state index contributed by atoms with van der Waals surface area (Å²) in [5.74, 6) is 0. The summed E-state index contributed by atoms with van der Waals surface area (Å²) in [5, 5.41) is 3.33. The van der Waals surface area contributed by atoms with E-state index in [4.69, 9.17) is 9.05 Å². The predicted octanol–water partition coefficient (Wildman–Crippen LogP) is 5.17. The second-order valence-corrected chi connectivity index (χ2v) is 5.81. The molecule has 0 saturated heterocycles. The quantitative estimate of drug-likeness (QED) is 0.435. The minimum Gasteiger partial charge on any atom is -0.336 e. The molecule has 0 atom stereocenters. The molecule has 1 N–H and O–H groups in total. The van der Waals surface area contributed by atoms with Crippen molar-refractivity contribution in [3.05, 3.63) is 60.7 Å². The summed E-state index contributed by atoms with van der Waals surface area (Å²) < 4.78 is 11.5. The minimum atomic E-state index is -1.23. The summed E-state index contributed by atoms with van der Waals surface area (Å²) in [7, 11) is -1.23. The lowest BCUT2D eigenvalue weighted by atomic mass is 10.3. The Bertz CT molecular complexity index is 570. The summed E-state index contributed by atoms with van der Waals surface area (Å²) in [6, 6.07) is 19.7. The smallest absolute Gasteiger partial charge is 0.243 e. The first-order valence-electron chi connectivity index (χ1n) is 7.35. The van der Waals surface area contributed by atoms with Gasteiger partial charge in [-0.3, -0.25) is 0 Å². The summed E-state index contributed by atoms with van der Waals surface area (Å²) >= 11 is 0. The number of aliphatic imine (C=N–C) groups is 1. The van der Waals surface area contributed by atoms with Crippen LogP contribution in [0.5, 0.6) is 0 Å². The van der Waals surface area contributed by atoms with Crippen LogP contribution in [0.15, 0.2) is 65.7 Å². The van der Waals surface area contributed by atoms with Crippen LogP contribution in [0.3, 0.4) is 0 Å². The molecule has 22 heavy (non-hydrogen) atoms. The monoisotopic (exact) mass is 316 g/mol. The zero-order valence-electron chi connectivity index (χ0n) is 12.9. The van der Waals surface area contributed by atoms with E-state index in [0.717, 1.165) is 11.4 Å². The Labute approximate surface area is 133 Å². The van der Waals surface area contributed by atoms with Crippen LogP contribution in [0.2, 0.25) is 0 Å². The standard InChI is InChI=1S/C17H21N2O2P/c1-3-20-22(21-4-2)17(18-15-11-7-5-8-12-15)19-16-13-9-6-10-14-16/h5-14H,3-4H2,1-2H3,(H,18,19). The van der Waals surface area contributed by atoms with Gasteiger partial charge in [0.15, 0.2) is 5.58 Å². The fourth-order valence-electron chi connectivity index (χ4n) is 1.78. The molecule has 4 nitrogen and oxygen atoms in total. The van der Waals surface area contributed by atoms with Crippen molar-refractivity contribution < 1.29 is 9.05 Å². The molecule has 0 aliphatic rings. The van der Waals surface area contributed by atoms with Crippen molar-refractivity contribution in [3.8, 4) is 0 Å². The van der Waals surface area contributed by atoms with Crippen LogP contribution in [-0.2, 0) is 9.05 Å². The third-order valence-corrected chi connectivity index (χ3v) is 4.23. The van der Waals surface area contributed by atoms with E-state index in [1.807, 2.05) is 74.5 Å². The lowest BCUT2D eigenvalue weighted by Gasteiger charge is -2.19. The number of hydrogen-bond donors (Lipinski definition) is 1. The van der Waals surface area contributed by atoms with Crippen molar-refractivity contribution >= 4 is 25.3 Å². The molecule has 0 spiro atoms. The van der Waals surface area contributed by atoms with E-state index < -0.39 is 8.38 Å². The molecule has 0 unspecified atom stereocenters. The van der Waals surface area contributed by atoms with Gasteiger partial charge in [-0.15, -0.1) is 0 Å². The second kappa shape index (κ2) is 9.31. The molecule has 0 amide bonds. The van der Waals surface area contributed by atoms with Crippen LogP contribution in [-0.4, -0.2) is 18.8 Å². The van der Waals surface area contributed by atoms with Crippen molar-refractivity contribution in [2.75, 3.05) is 18.5 Å². The van der Waals surface area contributed by atoms with Gasteiger partial charge in [0.05, 0.1) is 18.9 Å². The van der Waals surface area contributed by atoms with Gasteiger partial charge in [0, 0.05) is 5.69 Å². The van der Waals surface area contributed by atoms with Crippen molar-refractivity contribution in [2.24, 2.45) is 4.99 Å². The van der Waals surface area contributed by atoms with E-state index in [9.17, 15) is 0 Å². The first-order valence-corrected chi connectivity index (χ1v) is 8.53. The van der Waals surface area contributed by atoms with Gasteiger partial charge in [-0.05, 0) is 38.1 Å². The number of benzene rings is 2. The molecular formula is C17H21N2O2P. The molecule has 0 fully saturated rings.